The van der Waals surface area contributed by atoms with Crippen LogP contribution in [0.5, 0.6) is 0 Å². The van der Waals surface area contributed by atoms with E-state index in [0.717, 1.165) is 71.0 Å². The molecule has 3 rings (SSSR count). The van der Waals surface area contributed by atoms with Gasteiger partial charge in [0, 0.05) is 32.4 Å². The zero-order chi connectivity index (χ0) is 19.8. The van der Waals surface area contributed by atoms with Crippen molar-refractivity contribution < 1.29 is 4.74 Å². The molecular formula is C22H35N5O. The van der Waals surface area contributed by atoms with Gasteiger partial charge in [-0.2, -0.15) is 0 Å². The first-order valence-corrected chi connectivity index (χ1v) is 10.4. The molecule has 6 heteroatoms. The summed E-state index contributed by atoms with van der Waals surface area (Å²) in [6.07, 6.45) is 10.4. The lowest BCUT2D eigenvalue weighted by atomic mass is 9.90. The Morgan fingerprint density at radius 3 is 2.89 bits per heavy atom. The maximum atomic E-state index is 5.74. The number of rotatable bonds is 9. The summed E-state index contributed by atoms with van der Waals surface area (Å²) < 4.78 is 5.53. The molecule has 1 aromatic rings. The number of morpholine rings is 1. The fraction of sp³-hybridized carbons (Fsp3) is 0.591. The number of hydrogen-bond acceptors (Lipinski definition) is 6. The smallest absolute Gasteiger partial charge is 0.0776 e. The topological polar surface area (TPSA) is 66.7 Å². The van der Waals surface area contributed by atoms with Crippen LogP contribution in [0.4, 0.5) is 5.69 Å². The van der Waals surface area contributed by atoms with E-state index < -0.39 is 0 Å². The Balaban J connectivity index is 1.76. The van der Waals surface area contributed by atoms with Crippen molar-refractivity contribution in [3.63, 3.8) is 0 Å². The van der Waals surface area contributed by atoms with E-state index >= 15 is 0 Å². The van der Waals surface area contributed by atoms with Gasteiger partial charge in [0.1, 0.15) is 0 Å². The Morgan fingerprint density at radius 1 is 1.32 bits per heavy atom. The zero-order valence-corrected chi connectivity index (χ0v) is 17.4. The molecule has 0 saturated carbocycles. The standard InChI is InChI=1S/C22H35N5O/c1-19-7-5-11-25-22(19,2)18-26(12-4-3-9-23)17-20-21(8-6-10-24-20)27-13-15-28-16-14-27/h5-8,10-11,25H,3-4,9,12-18,23H2,1-2H3. The highest BCUT2D eigenvalue weighted by molar-refractivity contribution is 5.50. The Morgan fingerprint density at radius 2 is 2.14 bits per heavy atom. The third-order valence-corrected chi connectivity index (χ3v) is 5.77. The molecule has 3 heterocycles. The first-order valence-electron chi connectivity index (χ1n) is 10.4. The molecule has 154 valence electrons. The highest BCUT2D eigenvalue weighted by Gasteiger charge is 2.29. The van der Waals surface area contributed by atoms with Crippen LogP contribution < -0.4 is 16.0 Å². The van der Waals surface area contributed by atoms with E-state index in [1.165, 1.54) is 11.3 Å². The van der Waals surface area contributed by atoms with E-state index in [1.54, 1.807) is 0 Å². The van der Waals surface area contributed by atoms with Gasteiger partial charge >= 0.3 is 0 Å². The van der Waals surface area contributed by atoms with E-state index in [9.17, 15) is 0 Å². The molecule has 2 aliphatic heterocycles. The van der Waals surface area contributed by atoms with Gasteiger partial charge in [0.2, 0.25) is 0 Å². The second kappa shape index (κ2) is 10.0. The molecule has 1 aromatic heterocycles. The van der Waals surface area contributed by atoms with Gasteiger partial charge < -0.3 is 20.7 Å². The van der Waals surface area contributed by atoms with Gasteiger partial charge in [0.25, 0.3) is 0 Å². The molecule has 0 bridgehead atoms. The van der Waals surface area contributed by atoms with E-state index in [-0.39, 0.29) is 5.54 Å². The van der Waals surface area contributed by atoms with Crippen molar-refractivity contribution in [2.24, 2.45) is 5.73 Å². The molecule has 6 nitrogen and oxygen atoms in total. The molecule has 3 N–H and O–H groups in total. The first-order chi connectivity index (χ1) is 13.6. The number of nitrogens with zero attached hydrogens (tertiary/aromatic N) is 3. The van der Waals surface area contributed by atoms with Crippen LogP contribution in [0.15, 0.2) is 42.3 Å². The van der Waals surface area contributed by atoms with Gasteiger partial charge in [0.15, 0.2) is 0 Å². The Kier molecular flexibility index (Phi) is 7.48. The Hall–Kier alpha value is -1.89. The SMILES string of the molecule is CC1=CC=CNC1(C)CN(CCCCN)Cc1ncccc1N1CCOCC1. The summed E-state index contributed by atoms with van der Waals surface area (Å²) in [6, 6.07) is 4.23. The average Bonchev–Trinajstić information content (AvgIpc) is 2.71. The van der Waals surface area contributed by atoms with Crippen molar-refractivity contribution in [1.82, 2.24) is 15.2 Å². The minimum absolute atomic E-state index is 0.0641. The predicted octanol–water partition coefficient (Wildman–Crippen LogP) is 2.28. The van der Waals surface area contributed by atoms with Crippen molar-refractivity contribution >= 4 is 5.69 Å². The number of dihydropyridines is 1. The maximum Gasteiger partial charge on any atom is 0.0776 e. The first kappa shape index (κ1) is 20.8. The molecule has 1 fully saturated rings. The van der Waals surface area contributed by atoms with E-state index in [1.807, 2.05) is 18.5 Å². The molecule has 1 unspecified atom stereocenters. The number of nitrogens with two attached hydrogens (primary N) is 1. The van der Waals surface area contributed by atoms with Crippen molar-refractivity contribution in [1.29, 1.82) is 0 Å². The summed E-state index contributed by atoms with van der Waals surface area (Å²) >= 11 is 0. The predicted molar refractivity (Wildman–Crippen MR) is 115 cm³/mol. The number of anilines is 1. The maximum absolute atomic E-state index is 5.74. The zero-order valence-electron chi connectivity index (χ0n) is 17.4. The monoisotopic (exact) mass is 385 g/mol. The minimum Gasteiger partial charge on any atom is -0.381 e. The number of pyridine rings is 1. The van der Waals surface area contributed by atoms with Gasteiger partial charge in [-0.3, -0.25) is 9.88 Å². The number of nitrogens with one attached hydrogen (secondary N) is 1. The van der Waals surface area contributed by atoms with Crippen molar-refractivity contribution in [3.05, 3.63) is 47.9 Å². The van der Waals surface area contributed by atoms with Crippen LogP contribution in [0.25, 0.3) is 0 Å². The summed E-state index contributed by atoms with van der Waals surface area (Å²) in [6.45, 7) is 11.4. The van der Waals surface area contributed by atoms with Gasteiger partial charge in [-0.1, -0.05) is 6.08 Å². The minimum atomic E-state index is -0.0641. The summed E-state index contributed by atoms with van der Waals surface area (Å²) in [5.74, 6) is 0. The van der Waals surface area contributed by atoms with E-state index in [4.69, 9.17) is 15.5 Å². The molecule has 1 saturated heterocycles. The number of unbranched alkanes of at least 4 members (excludes halogenated alkanes) is 1. The number of hydrogen-bond donors (Lipinski definition) is 2. The lowest BCUT2D eigenvalue weighted by Gasteiger charge is -2.39. The van der Waals surface area contributed by atoms with Crippen LogP contribution in [0.2, 0.25) is 0 Å². The van der Waals surface area contributed by atoms with Gasteiger partial charge in [-0.25, -0.2) is 0 Å². The molecule has 1 atom stereocenters. The van der Waals surface area contributed by atoms with Crippen molar-refractivity contribution in [3.8, 4) is 0 Å². The van der Waals surface area contributed by atoms with Crippen LogP contribution in [0.3, 0.4) is 0 Å². The molecule has 0 amide bonds. The van der Waals surface area contributed by atoms with Crippen LogP contribution in [-0.4, -0.2) is 61.4 Å². The summed E-state index contributed by atoms with van der Waals surface area (Å²) in [5.41, 5.74) is 9.42. The molecular weight excluding hydrogens is 350 g/mol. The lowest BCUT2D eigenvalue weighted by molar-refractivity contribution is 0.122. The Bertz CT molecular complexity index is 683. The molecule has 0 aromatic carbocycles. The summed E-state index contributed by atoms with van der Waals surface area (Å²) in [7, 11) is 0. The number of allylic oxidation sites excluding steroid dienone is 2. The van der Waals surface area contributed by atoms with E-state index in [2.05, 4.69) is 47.2 Å². The Labute approximate surface area is 169 Å². The van der Waals surface area contributed by atoms with Crippen LogP contribution in [0, 0.1) is 0 Å². The van der Waals surface area contributed by atoms with Gasteiger partial charge in [-0.15, -0.1) is 0 Å². The summed E-state index contributed by atoms with van der Waals surface area (Å²) in [4.78, 5) is 9.68. The van der Waals surface area contributed by atoms with Gasteiger partial charge in [0.05, 0.1) is 30.1 Å². The van der Waals surface area contributed by atoms with Crippen LogP contribution in [0.1, 0.15) is 32.4 Å². The molecule has 0 spiro atoms. The van der Waals surface area contributed by atoms with Crippen molar-refractivity contribution in [2.75, 3.05) is 50.8 Å². The average molecular weight is 386 g/mol. The summed E-state index contributed by atoms with van der Waals surface area (Å²) in [5, 5.41) is 3.57. The van der Waals surface area contributed by atoms with Crippen LogP contribution in [-0.2, 0) is 11.3 Å². The molecule has 2 aliphatic rings. The quantitative estimate of drug-likeness (QED) is 0.636. The molecule has 0 radical (unpaired) electrons. The normalized spacial score (nSPS) is 22.3. The second-order valence-corrected chi connectivity index (χ2v) is 7.96. The highest BCUT2D eigenvalue weighted by Crippen LogP contribution is 2.25. The fourth-order valence-electron chi connectivity index (χ4n) is 3.89. The van der Waals surface area contributed by atoms with Crippen LogP contribution >= 0.6 is 0 Å². The second-order valence-electron chi connectivity index (χ2n) is 7.96. The largest absolute Gasteiger partial charge is 0.381 e. The van der Waals surface area contributed by atoms with Gasteiger partial charge in [-0.05, 0) is 69.8 Å². The molecule has 28 heavy (non-hydrogen) atoms. The number of aromatic nitrogens is 1. The van der Waals surface area contributed by atoms with Crippen molar-refractivity contribution in [2.45, 2.75) is 38.8 Å². The third-order valence-electron chi connectivity index (χ3n) is 5.77. The molecule has 0 aliphatic carbocycles. The third kappa shape index (κ3) is 5.34. The highest BCUT2D eigenvalue weighted by atomic mass is 16.5. The van der Waals surface area contributed by atoms with E-state index in [0.29, 0.717) is 0 Å². The number of ether oxygens (including phenoxy) is 1. The fourth-order valence-corrected chi connectivity index (χ4v) is 3.89. The lowest BCUT2D eigenvalue weighted by Crippen LogP contribution is -2.51.